The van der Waals surface area contributed by atoms with E-state index >= 15 is 0 Å². The van der Waals surface area contributed by atoms with Gasteiger partial charge in [0.25, 0.3) is 0 Å². The zero-order chi connectivity index (χ0) is 11.9. The Kier molecular flexibility index (Phi) is 4.80. The van der Waals surface area contributed by atoms with Crippen LogP contribution in [0.3, 0.4) is 0 Å². The molecule has 0 bridgehead atoms. The molecule has 1 aliphatic rings. The first-order chi connectivity index (χ1) is 8.36. The Bertz CT molecular complexity index is 330. The number of likely N-dealkylation sites (tertiary alicyclic amines) is 1. The van der Waals surface area contributed by atoms with Crippen molar-refractivity contribution in [2.75, 3.05) is 31.5 Å². The van der Waals surface area contributed by atoms with Gasteiger partial charge in [0, 0.05) is 31.2 Å². The molecule has 1 aliphatic heterocycles. The average Bonchev–Trinajstić information content (AvgIpc) is 2.60. The van der Waals surface area contributed by atoms with Gasteiger partial charge in [-0.1, -0.05) is 12.8 Å². The van der Waals surface area contributed by atoms with Crippen molar-refractivity contribution in [3.05, 3.63) is 24.0 Å². The lowest BCUT2D eigenvalue weighted by Crippen LogP contribution is -2.30. The molecule has 2 rings (SSSR count). The van der Waals surface area contributed by atoms with E-state index in [-0.39, 0.29) is 0 Å². The molecule has 0 aromatic carbocycles. The molecular formula is C14H23N3. The molecular weight excluding hydrogens is 210 g/mol. The summed E-state index contributed by atoms with van der Waals surface area (Å²) in [5, 5.41) is 3.50. The van der Waals surface area contributed by atoms with Crippen LogP contribution in [-0.4, -0.2) is 36.1 Å². The minimum absolute atomic E-state index is 1.03. The first kappa shape index (κ1) is 12.4. The van der Waals surface area contributed by atoms with E-state index in [2.05, 4.69) is 28.2 Å². The van der Waals surface area contributed by atoms with Gasteiger partial charge in [-0.15, -0.1) is 0 Å². The zero-order valence-corrected chi connectivity index (χ0v) is 10.8. The van der Waals surface area contributed by atoms with Gasteiger partial charge in [0.2, 0.25) is 0 Å². The van der Waals surface area contributed by atoms with Crippen LogP contribution < -0.4 is 5.32 Å². The third-order valence-corrected chi connectivity index (χ3v) is 3.46. The Labute approximate surface area is 104 Å². The monoisotopic (exact) mass is 233 g/mol. The third kappa shape index (κ3) is 4.00. The van der Waals surface area contributed by atoms with E-state index in [1.165, 1.54) is 50.0 Å². The number of aryl methyl sites for hydroxylation is 1. The van der Waals surface area contributed by atoms with Gasteiger partial charge in [0.05, 0.1) is 0 Å². The Balaban J connectivity index is 1.73. The third-order valence-electron chi connectivity index (χ3n) is 3.46. The summed E-state index contributed by atoms with van der Waals surface area (Å²) >= 11 is 0. The number of anilines is 1. The highest BCUT2D eigenvalue weighted by Crippen LogP contribution is 2.12. The van der Waals surface area contributed by atoms with Crippen LogP contribution >= 0.6 is 0 Å². The van der Waals surface area contributed by atoms with Crippen molar-refractivity contribution in [1.82, 2.24) is 9.88 Å². The van der Waals surface area contributed by atoms with E-state index in [1.54, 1.807) is 0 Å². The summed E-state index contributed by atoms with van der Waals surface area (Å²) in [5.41, 5.74) is 2.44. The average molecular weight is 233 g/mol. The van der Waals surface area contributed by atoms with Gasteiger partial charge < -0.3 is 10.2 Å². The molecule has 0 radical (unpaired) electrons. The quantitative estimate of drug-likeness (QED) is 0.866. The normalized spacial score (nSPS) is 17.7. The SMILES string of the molecule is Cc1cnccc1NCCN1CCCCCC1. The largest absolute Gasteiger partial charge is 0.383 e. The van der Waals surface area contributed by atoms with Crippen LogP contribution in [0.15, 0.2) is 18.5 Å². The molecule has 17 heavy (non-hydrogen) atoms. The van der Waals surface area contributed by atoms with Gasteiger partial charge in [-0.3, -0.25) is 4.98 Å². The number of aromatic nitrogens is 1. The lowest BCUT2D eigenvalue weighted by atomic mass is 10.2. The second kappa shape index (κ2) is 6.60. The van der Waals surface area contributed by atoms with E-state index in [1.807, 2.05) is 12.4 Å². The molecule has 0 unspecified atom stereocenters. The second-order valence-electron chi connectivity index (χ2n) is 4.87. The Morgan fingerprint density at radius 2 is 2.00 bits per heavy atom. The first-order valence-corrected chi connectivity index (χ1v) is 6.73. The van der Waals surface area contributed by atoms with E-state index in [9.17, 15) is 0 Å². The molecule has 0 saturated carbocycles. The van der Waals surface area contributed by atoms with E-state index in [0.29, 0.717) is 0 Å². The minimum atomic E-state index is 1.03. The second-order valence-corrected chi connectivity index (χ2v) is 4.87. The molecule has 3 nitrogen and oxygen atoms in total. The van der Waals surface area contributed by atoms with E-state index < -0.39 is 0 Å². The van der Waals surface area contributed by atoms with Gasteiger partial charge in [-0.05, 0) is 44.5 Å². The highest BCUT2D eigenvalue weighted by atomic mass is 15.1. The predicted octanol–water partition coefficient (Wildman–Crippen LogP) is 2.68. The topological polar surface area (TPSA) is 28.2 Å². The molecule has 0 amide bonds. The lowest BCUT2D eigenvalue weighted by Gasteiger charge is -2.20. The van der Waals surface area contributed by atoms with Crippen molar-refractivity contribution in [3.8, 4) is 0 Å². The standard InChI is InChI=1S/C14H23N3/c1-13-12-15-7-6-14(13)16-8-11-17-9-4-2-3-5-10-17/h6-7,12H,2-5,8-11H2,1H3,(H,15,16). The van der Waals surface area contributed by atoms with Gasteiger partial charge in [-0.25, -0.2) is 0 Å². The maximum absolute atomic E-state index is 4.10. The fourth-order valence-corrected chi connectivity index (χ4v) is 2.38. The molecule has 94 valence electrons. The van der Waals surface area contributed by atoms with Crippen molar-refractivity contribution < 1.29 is 0 Å². The maximum Gasteiger partial charge on any atom is 0.0401 e. The van der Waals surface area contributed by atoms with Gasteiger partial charge in [0.1, 0.15) is 0 Å². The van der Waals surface area contributed by atoms with Crippen molar-refractivity contribution >= 4 is 5.69 Å². The number of hydrogen-bond donors (Lipinski definition) is 1. The van der Waals surface area contributed by atoms with Crippen molar-refractivity contribution in [2.45, 2.75) is 32.6 Å². The Hall–Kier alpha value is -1.09. The molecule has 1 saturated heterocycles. The molecule has 0 aliphatic carbocycles. The molecule has 0 atom stereocenters. The molecule has 0 spiro atoms. The molecule has 1 N–H and O–H groups in total. The summed E-state index contributed by atoms with van der Waals surface area (Å²) in [6.45, 7) is 6.84. The minimum Gasteiger partial charge on any atom is -0.383 e. The fourth-order valence-electron chi connectivity index (χ4n) is 2.38. The number of rotatable bonds is 4. The summed E-state index contributed by atoms with van der Waals surface area (Å²) in [6, 6.07) is 2.05. The van der Waals surface area contributed by atoms with E-state index in [0.717, 1.165) is 13.1 Å². The van der Waals surface area contributed by atoms with Crippen LogP contribution in [-0.2, 0) is 0 Å². The summed E-state index contributed by atoms with van der Waals surface area (Å²) < 4.78 is 0. The fraction of sp³-hybridized carbons (Fsp3) is 0.643. The zero-order valence-electron chi connectivity index (χ0n) is 10.8. The van der Waals surface area contributed by atoms with Crippen LogP contribution in [0.4, 0.5) is 5.69 Å². The van der Waals surface area contributed by atoms with Crippen molar-refractivity contribution in [3.63, 3.8) is 0 Å². The number of nitrogens with one attached hydrogen (secondary N) is 1. The smallest absolute Gasteiger partial charge is 0.0401 e. The van der Waals surface area contributed by atoms with Crippen LogP contribution in [0.5, 0.6) is 0 Å². The van der Waals surface area contributed by atoms with Crippen LogP contribution in [0.25, 0.3) is 0 Å². The molecule has 1 fully saturated rings. The van der Waals surface area contributed by atoms with Crippen LogP contribution in [0.1, 0.15) is 31.2 Å². The highest BCUT2D eigenvalue weighted by molar-refractivity contribution is 5.48. The number of pyridine rings is 1. The summed E-state index contributed by atoms with van der Waals surface area (Å²) in [7, 11) is 0. The molecule has 2 heterocycles. The first-order valence-electron chi connectivity index (χ1n) is 6.73. The molecule has 1 aromatic rings. The van der Waals surface area contributed by atoms with Crippen molar-refractivity contribution in [2.24, 2.45) is 0 Å². The number of hydrogen-bond acceptors (Lipinski definition) is 3. The maximum atomic E-state index is 4.10. The summed E-state index contributed by atoms with van der Waals surface area (Å²) in [6.07, 6.45) is 9.32. The van der Waals surface area contributed by atoms with Crippen molar-refractivity contribution in [1.29, 1.82) is 0 Å². The van der Waals surface area contributed by atoms with Crippen LogP contribution in [0, 0.1) is 6.92 Å². The lowest BCUT2D eigenvalue weighted by molar-refractivity contribution is 0.296. The number of nitrogens with zero attached hydrogens (tertiary/aromatic N) is 2. The van der Waals surface area contributed by atoms with Crippen LogP contribution in [0.2, 0.25) is 0 Å². The Morgan fingerprint density at radius 3 is 2.71 bits per heavy atom. The predicted molar refractivity (Wildman–Crippen MR) is 72.4 cm³/mol. The summed E-state index contributed by atoms with van der Waals surface area (Å²) in [4.78, 5) is 6.68. The summed E-state index contributed by atoms with van der Waals surface area (Å²) in [5.74, 6) is 0. The van der Waals surface area contributed by atoms with Gasteiger partial charge in [-0.2, -0.15) is 0 Å². The molecule has 1 aromatic heterocycles. The molecule has 3 heteroatoms. The Morgan fingerprint density at radius 1 is 1.24 bits per heavy atom. The highest BCUT2D eigenvalue weighted by Gasteiger charge is 2.08. The van der Waals surface area contributed by atoms with Gasteiger partial charge >= 0.3 is 0 Å². The van der Waals surface area contributed by atoms with Gasteiger partial charge in [0.15, 0.2) is 0 Å². The van der Waals surface area contributed by atoms with E-state index in [4.69, 9.17) is 0 Å².